The zero-order valence-corrected chi connectivity index (χ0v) is 11.2. The molecule has 3 rings (SSSR count). The molecule has 0 amide bonds. The molecular weight excluding hydrogens is 240 g/mol. The lowest BCUT2D eigenvalue weighted by molar-refractivity contribution is -0.0110. The molecule has 1 aromatic carbocycles. The quantitative estimate of drug-likeness (QED) is 0.899. The van der Waals surface area contributed by atoms with Crippen LogP contribution in [0.3, 0.4) is 0 Å². The first-order chi connectivity index (χ1) is 9.13. The average Bonchev–Trinajstić information content (AvgIpc) is 2.92. The summed E-state index contributed by atoms with van der Waals surface area (Å²) in [6.45, 7) is 1.87. The molecule has 4 nitrogen and oxygen atoms in total. The second-order valence-corrected chi connectivity index (χ2v) is 5.23. The number of hydrogen-bond acceptors (Lipinski definition) is 3. The highest BCUT2D eigenvalue weighted by atomic mass is 16.5. The lowest BCUT2D eigenvalue weighted by Crippen LogP contribution is -2.38. The van der Waals surface area contributed by atoms with E-state index in [1.165, 1.54) is 5.56 Å². The third kappa shape index (κ3) is 1.92. The van der Waals surface area contributed by atoms with E-state index in [4.69, 9.17) is 4.74 Å². The van der Waals surface area contributed by atoms with Crippen LogP contribution in [0.25, 0.3) is 0 Å². The minimum absolute atomic E-state index is 0.00889. The molecule has 1 aromatic heterocycles. The summed E-state index contributed by atoms with van der Waals surface area (Å²) in [6.07, 6.45) is 7.28. The monoisotopic (exact) mass is 258 g/mol. The van der Waals surface area contributed by atoms with Gasteiger partial charge in [0.05, 0.1) is 19.5 Å². The molecule has 4 heteroatoms. The van der Waals surface area contributed by atoms with E-state index in [0.717, 1.165) is 24.2 Å². The van der Waals surface area contributed by atoms with Crippen LogP contribution in [0.15, 0.2) is 36.9 Å². The molecule has 19 heavy (non-hydrogen) atoms. The normalized spacial score (nSPS) is 25.9. The average molecular weight is 258 g/mol. The van der Waals surface area contributed by atoms with Gasteiger partial charge in [0.2, 0.25) is 0 Å². The van der Waals surface area contributed by atoms with Crippen LogP contribution in [-0.2, 0) is 12.0 Å². The molecule has 2 aromatic rings. The van der Waals surface area contributed by atoms with E-state index < -0.39 is 5.60 Å². The number of hydrogen-bond donors (Lipinski definition) is 1. The van der Waals surface area contributed by atoms with Crippen LogP contribution in [-0.4, -0.2) is 21.8 Å². The lowest BCUT2D eigenvalue weighted by Gasteiger charge is -2.39. The van der Waals surface area contributed by atoms with E-state index in [-0.39, 0.29) is 6.04 Å². The van der Waals surface area contributed by atoms with Gasteiger partial charge in [0, 0.05) is 12.4 Å². The van der Waals surface area contributed by atoms with Crippen LogP contribution in [0.5, 0.6) is 5.75 Å². The van der Waals surface area contributed by atoms with Crippen LogP contribution >= 0.6 is 0 Å². The summed E-state index contributed by atoms with van der Waals surface area (Å²) in [5, 5.41) is 11.0. The zero-order chi connectivity index (χ0) is 13.5. The van der Waals surface area contributed by atoms with Crippen molar-refractivity contribution in [3.8, 4) is 5.75 Å². The first-order valence-electron chi connectivity index (χ1n) is 6.50. The Morgan fingerprint density at radius 3 is 3.00 bits per heavy atom. The van der Waals surface area contributed by atoms with Crippen molar-refractivity contribution < 1.29 is 9.84 Å². The second kappa shape index (κ2) is 4.38. The maximum Gasteiger partial charge on any atom is 0.119 e. The summed E-state index contributed by atoms with van der Waals surface area (Å²) in [6, 6.07) is 5.95. The number of nitrogens with zero attached hydrogens (tertiary/aromatic N) is 2. The summed E-state index contributed by atoms with van der Waals surface area (Å²) in [5.41, 5.74) is 1.24. The van der Waals surface area contributed by atoms with Gasteiger partial charge in [-0.05, 0) is 43.0 Å². The number of imidazole rings is 1. The molecule has 0 spiro atoms. The van der Waals surface area contributed by atoms with E-state index in [0.29, 0.717) is 0 Å². The van der Waals surface area contributed by atoms with Crippen molar-refractivity contribution in [2.24, 2.45) is 0 Å². The molecule has 2 atom stereocenters. The summed E-state index contributed by atoms with van der Waals surface area (Å²) in [4.78, 5) is 4.08. The first-order valence-corrected chi connectivity index (χ1v) is 6.50. The second-order valence-electron chi connectivity index (χ2n) is 5.23. The summed E-state index contributed by atoms with van der Waals surface area (Å²) < 4.78 is 7.26. The fourth-order valence-corrected chi connectivity index (χ4v) is 3.02. The third-order valence-corrected chi connectivity index (χ3v) is 4.08. The Balaban J connectivity index is 2.07. The Morgan fingerprint density at radius 1 is 1.47 bits per heavy atom. The predicted octanol–water partition coefficient (Wildman–Crippen LogP) is 2.29. The van der Waals surface area contributed by atoms with Crippen molar-refractivity contribution in [3.63, 3.8) is 0 Å². The Hall–Kier alpha value is -1.81. The standard InChI is InChI=1S/C15H18N2O2/c1-15(18)13-9-12(19-2)5-3-11(13)4-6-14(15)17-8-7-16-10-17/h3,5,7-10,14,18H,4,6H2,1-2H3. The van der Waals surface area contributed by atoms with Gasteiger partial charge in [-0.3, -0.25) is 0 Å². The first kappa shape index (κ1) is 12.2. The zero-order valence-electron chi connectivity index (χ0n) is 11.2. The number of fused-ring (bicyclic) bond motifs is 1. The van der Waals surface area contributed by atoms with Crippen LogP contribution in [0.1, 0.15) is 30.5 Å². The fraction of sp³-hybridized carbons (Fsp3) is 0.400. The number of benzene rings is 1. The van der Waals surface area contributed by atoms with Crippen molar-refractivity contribution in [1.29, 1.82) is 0 Å². The molecule has 0 aliphatic heterocycles. The van der Waals surface area contributed by atoms with Crippen molar-refractivity contribution >= 4 is 0 Å². The Morgan fingerprint density at radius 2 is 2.32 bits per heavy atom. The van der Waals surface area contributed by atoms with E-state index in [2.05, 4.69) is 4.98 Å². The largest absolute Gasteiger partial charge is 0.497 e. The lowest BCUT2D eigenvalue weighted by atomic mass is 9.76. The van der Waals surface area contributed by atoms with E-state index in [1.54, 1.807) is 19.6 Å². The molecule has 0 bridgehead atoms. The summed E-state index contributed by atoms with van der Waals surface area (Å²) >= 11 is 0. The maximum absolute atomic E-state index is 11.0. The highest BCUT2D eigenvalue weighted by molar-refractivity contribution is 5.41. The smallest absolute Gasteiger partial charge is 0.119 e. The van der Waals surface area contributed by atoms with E-state index in [1.807, 2.05) is 35.9 Å². The molecule has 0 saturated carbocycles. The molecule has 0 radical (unpaired) electrons. The van der Waals surface area contributed by atoms with Crippen LogP contribution < -0.4 is 4.74 Å². The third-order valence-electron chi connectivity index (χ3n) is 4.08. The molecule has 0 saturated heterocycles. The SMILES string of the molecule is COc1ccc2c(c1)C(C)(O)C(n1ccnc1)CC2. The molecular formula is C15H18N2O2. The van der Waals surface area contributed by atoms with Crippen molar-refractivity contribution in [2.75, 3.05) is 7.11 Å². The highest BCUT2D eigenvalue weighted by Crippen LogP contribution is 2.43. The number of aromatic nitrogens is 2. The van der Waals surface area contributed by atoms with Gasteiger partial charge in [0.1, 0.15) is 11.4 Å². The Kier molecular flexibility index (Phi) is 2.82. The number of methoxy groups -OCH3 is 1. The molecule has 1 heterocycles. The Labute approximate surface area is 112 Å². The maximum atomic E-state index is 11.0. The number of aliphatic hydroxyl groups is 1. The topological polar surface area (TPSA) is 47.3 Å². The summed E-state index contributed by atoms with van der Waals surface area (Å²) in [5.74, 6) is 0.783. The van der Waals surface area contributed by atoms with Crippen LogP contribution in [0.2, 0.25) is 0 Å². The molecule has 100 valence electrons. The molecule has 1 N–H and O–H groups in total. The van der Waals surface area contributed by atoms with Gasteiger partial charge < -0.3 is 14.4 Å². The highest BCUT2D eigenvalue weighted by Gasteiger charge is 2.39. The van der Waals surface area contributed by atoms with Crippen molar-refractivity contribution in [2.45, 2.75) is 31.4 Å². The number of aryl methyl sites for hydroxylation is 1. The van der Waals surface area contributed by atoms with Crippen LogP contribution in [0.4, 0.5) is 0 Å². The summed E-state index contributed by atoms with van der Waals surface area (Å²) in [7, 11) is 1.65. The van der Waals surface area contributed by atoms with Gasteiger partial charge in [0.15, 0.2) is 0 Å². The minimum atomic E-state index is -0.914. The van der Waals surface area contributed by atoms with Crippen molar-refractivity contribution in [1.82, 2.24) is 9.55 Å². The van der Waals surface area contributed by atoms with Gasteiger partial charge >= 0.3 is 0 Å². The molecule has 1 aliphatic rings. The fourth-order valence-electron chi connectivity index (χ4n) is 3.02. The van der Waals surface area contributed by atoms with Crippen molar-refractivity contribution in [3.05, 3.63) is 48.0 Å². The van der Waals surface area contributed by atoms with Gasteiger partial charge in [-0.15, -0.1) is 0 Å². The van der Waals surface area contributed by atoms with Crippen LogP contribution in [0, 0.1) is 0 Å². The number of ether oxygens (including phenoxy) is 1. The molecule has 0 fully saturated rings. The molecule has 1 aliphatic carbocycles. The molecule has 2 unspecified atom stereocenters. The minimum Gasteiger partial charge on any atom is -0.497 e. The van der Waals surface area contributed by atoms with Gasteiger partial charge in [-0.1, -0.05) is 6.07 Å². The predicted molar refractivity (Wildman–Crippen MR) is 72.1 cm³/mol. The van der Waals surface area contributed by atoms with Gasteiger partial charge in [-0.2, -0.15) is 0 Å². The number of rotatable bonds is 2. The Bertz CT molecular complexity index is 576. The van der Waals surface area contributed by atoms with Gasteiger partial charge in [-0.25, -0.2) is 4.98 Å². The van der Waals surface area contributed by atoms with E-state index in [9.17, 15) is 5.11 Å². The van der Waals surface area contributed by atoms with E-state index >= 15 is 0 Å². The van der Waals surface area contributed by atoms with Gasteiger partial charge in [0.25, 0.3) is 0 Å².